The summed E-state index contributed by atoms with van der Waals surface area (Å²) in [5.74, 6) is 0.927. The molecule has 1 amide bonds. The number of hydrogen-bond donors (Lipinski definition) is 1. The van der Waals surface area contributed by atoms with E-state index in [9.17, 15) is 4.79 Å². The molecular weight excluding hydrogens is 284 g/mol. The van der Waals surface area contributed by atoms with E-state index in [0.29, 0.717) is 19.5 Å². The number of carbonyl (C=O) groups is 1. The average molecular weight is 310 g/mol. The zero-order chi connectivity index (χ0) is 15.7. The van der Waals surface area contributed by atoms with Gasteiger partial charge in [0.05, 0.1) is 6.04 Å². The third-order valence-corrected chi connectivity index (χ3v) is 3.82. The van der Waals surface area contributed by atoms with E-state index >= 15 is 0 Å². The fourth-order valence-corrected chi connectivity index (χ4v) is 2.39. The number of thioether (sulfide) groups is 1. The Morgan fingerprint density at radius 1 is 1.43 bits per heavy atom. The van der Waals surface area contributed by atoms with Crippen molar-refractivity contribution in [2.24, 2.45) is 5.73 Å². The molecule has 0 aliphatic heterocycles. The van der Waals surface area contributed by atoms with Crippen LogP contribution >= 0.6 is 11.8 Å². The Morgan fingerprint density at radius 3 is 2.76 bits per heavy atom. The number of amides is 1. The lowest BCUT2D eigenvalue weighted by Crippen LogP contribution is -2.45. The summed E-state index contributed by atoms with van der Waals surface area (Å²) in [7, 11) is 4.00. The third kappa shape index (κ3) is 6.93. The molecule has 2 N–H and O–H groups in total. The predicted molar refractivity (Wildman–Crippen MR) is 89.2 cm³/mol. The van der Waals surface area contributed by atoms with Gasteiger partial charge >= 0.3 is 0 Å². The molecule has 21 heavy (non-hydrogen) atoms. The zero-order valence-electron chi connectivity index (χ0n) is 13.2. The summed E-state index contributed by atoms with van der Waals surface area (Å²) in [6.45, 7) is 2.06. The normalized spacial score (nSPS) is 12.4. The predicted octanol–water partition coefficient (Wildman–Crippen LogP) is 1.05. The molecule has 1 aromatic rings. The summed E-state index contributed by atoms with van der Waals surface area (Å²) in [5.41, 5.74) is 7.06. The van der Waals surface area contributed by atoms with E-state index in [0.717, 1.165) is 17.9 Å². The molecule has 0 saturated heterocycles. The van der Waals surface area contributed by atoms with Gasteiger partial charge in [-0.1, -0.05) is 6.07 Å². The second-order valence-corrected chi connectivity index (χ2v) is 6.30. The Labute approximate surface area is 131 Å². The van der Waals surface area contributed by atoms with Gasteiger partial charge in [0, 0.05) is 32.0 Å². The van der Waals surface area contributed by atoms with Crippen LogP contribution in [0.4, 0.5) is 0 Å². The van der Waals surface area contributed by atoms with Crippen LogP contribution in [0.15, 0.2) is 24.5 Å². The Hall–Kier alpha value is -1.11. The van der Waals surface area contributed by atoms with Crippen LogP contribution in [0.2, 0.25) is 0 Å². The molecular formula is C15H26N4OS. The van der Waals surface area contributed by atoms with Gasteiger partial charge in [-0.15, -0.1) is 0 Å². The molecule has 0 spiro atoms. The first-order valence-corrected chi connectivity index (χ1v) is 8.51. The van der Waals surface area contributed by atoms with Crippen molar-refractivity contribution in [2.75, 3.05) is 39.2 Å². The molecule has 1 rings (SSSR count). The van der Waals surface area contributed by atoms with Gasteiger partial charge in [-0.25, -0.2) is 0 Å². The highest BCUT2D eigenvalue weighted by molar-refractivity contribution is 7.98. The number of carbonyl (C=O) groups excluding carboxylic acids is 1. The van der Waals surface area contributed by atoms with Crippen LogP contribution in [0.3, 0.4) is 0 Å². The highest BCUT2D eigenvalue weighted by Gasteiger charge is 2.20. The molecule has 0 radical (unpaired) electrons. The average Bonchev–Trinajstić information content (AvgIpc) is 2.49. The number of aromatic nitrogens is 1. The van der Waals surface area contributed by atoms with E-state index in [-0.39, 0.29) is 5.91 Å². The highest BCUT2D eigenvalue weighted by atomic mass is 32.2. The van der Waals surface area contributed by atoms with E-state index in [1.54, 1.807) is 24.2 Å². The summed E-state index contributed by atoms with van der Waals surface area (Å²) in [6.07, 6.45) is 6.27. The lowest BCUT2D eigenvalue weighted by Gasteiger charge is -2.27. The monoisotopic (exact) mass is 310 g/mol. The van der Waals surface area contributed by atoms with Crippen molar-refractivity contribution in [2.45, 2.75) is 19.0 Å². The number of rotatable bonds is 9. The van der Waals surface area contributed by atoms with Crippen molar-refractivity contribution < 1.29 is 4.79 Å². The van der Waals surface area contributed by atoms with Crippen molar-refractivity contribution in [3.05, 3.63) is 30.1 Å². The number of pyridine rings is 1. The van der Waals surface area contributed by atoms with Crippen molar-refractivity contribution >= 4 is 17.7 Å². The van der Waals surface area contributed by atoms with Gasteiger partial charge < -0.3 is 15.5 Å². The van der Waals surface area contributed by atoms with Gasteiger partial charge in [0.2, 0.25) is 5.91 Å². The first kappa shape index (κ1) is 17.9. The number of nitrogens with two attached hydrogens (primary N) is 1. The largest absolute Gasteiger partial charge is 0.336 e. The lowest BCUT2D eigenvalue weighted by molar-refractivity contribution is -0.133. The Kier molecular flexibility index (Phi) is 8.34. The summed E-state index contributed by atoms with van der Waals surface area (Å²) < 4.78 is 0. The van der Waals surface area contributed by atoms with Crippen LogP contribution < -0.4 is 5.73 Å². The first-order valence-electron chi connectivity index (χ1n) is 7.11. The molecule has 0 aliphatic carbocycles. The SMILES string of the molecule is CSCC[C@@H](N)C(=O)N(CCN(C)C)Cc1cccnc1. The number of likely N-dealkylation sites (N-methyl/N-ethyl adjacent to an activating group) is 1. The van der Waals surface area contributed by atoms with Gasteiger partial charge in [-0.05, 0) is 44.2 Å². The molecule has 1 aromatic heterocycles. The Balaban J connectivity index is 2.68. The fraction of sp³-hybridized carbons (Fsp3) is 0.600. The maximum atomic E-state index is 12.5. The van der Waals surface area contributed by atoms with Crippen molar-refractivity contribution in [3.63, 3.8) is 0 Å². The van der Waals surface area contributed by atoms with Crippen LogP contribution in [0.5, 0.6) is 0 Å². The summed E-state index contributed by atoms with van der Waals surface area (Å²) in [5, 5.41) is 0. The van der Waals surface area contributed by atoms with Gasteiger partial charge in [0.1, 0.15) is 0 Å². The Morgan fingerprint density at radius 2 is 2.19 bits per heavy atom. The standard InChI is InChI=1S/C15H26N4OS/c1-18(2)8-9-19(12-13-5-4-7-17-11-13)15(20)14(16)6-10-21-3/h4-5,7,11,14H,6,8-10,12,16H2,1-3H3/t14-/m1/s1. The molecule has 1 atom stereocenters. The maximum absolute atomic E-state index is 12.5. The van der Waals surface area contributed by atoms with Gasteiger partial charge in [-0.3, -0.25) is 9.78 Å². The van der Waals surface area contributed by atoms with Crippen LogP contribution in [0, 0.1) is 0 Å². The summed E-state index contributed by atoms with van der Waals surface area (Å²) in [6, 6.07) is 3.45. The smallest absolute Gasteiger partial charge is 0.239 e. The molecule has 0 fully saturated rings. The number of hydrogen-bond acceptors (Lipinski definition) is 5. The third-order valence-electron chi connectivity index (χ3n) is 3.18. The summed E-state index contributed by atoms with van der Waals surface area (Å²) >= 11 is 1.71. The van der Waals surface area contributed by atoms with E-state index < -0.39 is 6.04 Å². The molecule has 0 bridgehead atoms. The molecule has 118 valence electrons. The number of nitrogens with zero attached hydrogens (tertiary/aromatic N) is 3. The minimum absolute atomic E-state index is 0.0229. The van der Waals surface area contributed by atoms with E-state index in [1.807, 2.05) is 37.4 Å². The van der Waals surface area contributed by atoms with Gasteiger partial charge in [0.25, 0.3) is 0 Å². The topological polar surface area (TPSA) is 62.5 Å². The molecule has 0 aliphatic rings. The minimum atomic E-state index is -0.420. The van der Waals surface area contributed by atoms with Crippen LogP contribution in [-0.4, -0.2) is 65.9 Å². The van der Waals surface area contributed by atoms with Crippen molar-refractivity contribution in [3.8, 4) is 0 Å². The van der Waals surface area contributed by atoms with Crippen molar-refractivity contribution in [1.29, 1.82) is 0 Å². The van der Waals surface area contributed by atoms with E-state index in [4.69, 9.17) is 5.73 Å². The first-order chi connectivity index (χ1) is 10.0. The molecule has 0 saturated carbocycles. The lowest BCUT2D eigenvalue weighted by atomic mass is 10.2. The van der Waals surface area contributed by atoms with Gasteiger partial charge in [-0.2, -0.15) is 11.8 Å². The molecule has 6 heteroatoms. The second-order valence-electron chi connectivity index (χ2n) is 5.31. The van der Waals surface area contributed by atoms with E-state index in [2.05, 4.69) is 9.88 Å². The van der Waals surface area contributed by atoms with Gasteiger partial charge in [0.15, 0.2) is 0 Å². The van der Waals surface area contributed by atoms with Crippen LogP contribution in [0.25, 0.3) is 0 Å². The summed E-state index contributed by atoms with van der Waals surface area (Å²) in [4.78, 5) is 20.5. The molecule has 0 aromatic carbocycles. The highest BCUT2D eigenvalue weighted by Crippen LogP contribution is 2.07. The van der Waals surface area contributed by atoms with Crippen molar-refractivity contribution in [1.82, 2.24) is 14.8 Å². The minimum Gasteiger partial charge on any atom is -0.336 e. The second kappa shape index (κ2) is 9.76. The maximum Gasteiger partial charge on any atom is 0.239 e. The zero-order valence-corrected chi connectivity index (χ0v) is 14.0. The van der Waals surface area contributed by atoms with Crippen LogP contribution in [0.1, 0.15) is 12.0 Å². The quantitative estimate of drug-likeness (QED) is 0.739. The van der Waals surface area contributed by atoms with E-state index in [1.165, 1.54) is 0 Å². The molecule has 0 unspecified atom stereocenters. The Bertz CT molecular complexity index is 413. The van der Waals surface area contributed by atoms with Crippen LogP contribution in [-0.2, 0) is 11.3 Å². The fourth-order valence-electron chi connectivity index (χ4n) is 1.90. The molecule has 1 heterocycles. The molecule has 5 nitrogen and oxygen atoms in total.